The lowest BCUT2D eigenvalue weighted by Gasteiger charge is -2.34. The molecule has 0 saturated heterocycles. The van der Waals surface area contributed by atoms with E-state index in [-0.39, 0.29) is 25.2 Å². The van der Waals surface area contributed by atoms with Gasteiger partial charge in [-0.05, 0) is 36.0 Å². The van der Waals surface area contributed by atoms with Crippen LogP contribution in [-0.4, -0.2) is 29.6 Å². The summed E-state index contributed by atoms with van der Waals surface area (Å²) in [5, 5.41) is 11.9. The first-order valence-electron chi connectivity index (χ1n) is 8.17. The fraction of sp³-hybridized carbons (Fsp3) is 0.556. The summed E-state index contributed by atoms with van der Waals surface area (Å²) < 4.78 is 5.05. The van der Waals surface area contributed by atoms with Gasteiger partial charge in [-0.2, -0.15) is 0 Å². The van der Waals surface area contributed by atoms with Crippen LogP contribution in [0.1, 0.15) is 49.0 Å². The lowest BCUT2D eigenvalue weighted by molar-refractivity contribution is -0.125. The molecule has 1 aromatic carbocycles. The molecule has 0 radical (unpaired) electrons. The smallest absolute Gasteiger partial charge is 0.338 e. The van der Waals surface area contributed by atoms with Gasteiger partial charge < -0.3 is 15.2 Å². The molecule has 23 heavy (non-hydrogen) atoms. The zero-order chi connectivity index (χ0) is 16.8. The Morgan fingerprint density at radius 1 is 1.22 bits per heavy atom. The van der Waals surface area contributed by atoms with Crippen LogP contribution in [0.3, 0.4) is 0 Å². The topological polar surface area (TPSA) is 75.6 Å². The Kier molecular flexibility index (Phi) is 6.16. The summed E-state index contributed by atoms with van der Waals surface area (Å²) in [6.45, 7) is 4.02. The van der Waals surface area contributed by atoms with Crippen LogP contribution >= 0.6 is 0 Å². The second-order valence-electron chi connectivity index (χ2n) is 6.37. The second-order valence-corrected chi connectivity index (χ2v) is 6.37. The number of amides is 1. The van der Waals surface area contributed by atoms with E-state index < -0.39 is 5.97 Å². The Morgan fingerprint density at radius 2 is 1.91 bits per heavy atom. The molecule has 3 atom stereocenters. The monoisotopic (exact) mass is 319 g/mol. The van der Waals surface area contributed by atoms with E-state index in [4.69, 9.17) is 9.84 Å². The van der Waals surface area contributed by atoms with E-state index in [1.165, 1.54) is 6.42 Å². The maximum atomic E-state index is 12.0. The van der Waals surface area contributed by atoms with Crippen molar-refractivity contribution in [1.29, 1.82) is 0 Å². The maximum Gasteiger partial charge on any atom is 0.338 e. The van der Waals surface area contributed by atoms with E-state index in [1.807, 2.05) is 0 Å². The molecule has 1 aliphatic carbocycles. The molecule has 0 aromatic heterocycles. The standard InChI is InChI=1S/C18H25NO4/c1-12-4-3-5-16(13(12)2)19-17(21)11-23-18(22)15-8-6-14(10-20)7-9-15/h6-9,12-13,16,20H,3-5,10-11H2,1-2H3,(H,19,21)/t12-,13-,16+/m1/s1. The highest BCUT2D eigenvalue weighted by atomic mass is 16.5. The zero-order valence-corrected chi connectivity index (χ0v) is 13.7. The molecule has 2 rings (SSSR count). The minimum Gasteiger partial charge on any atom is -0.452 e. The molecule has 0 bridgehead atoms. The predicted molar refractivity (Wildman–Crippen MR) is 86.8 cm³/mol. The fourth-order valence-electron chi connectivity index (χ4n) is 2.99. The van der Waals surface area contributed by atoms with Crippen molar-refractivity contribution in [3.8, 4) is 0 Å². The second kappa shape index (κ2) is 8.11. The number of ether oxygens (including phenoxy) is 1. The third-order valence-corrected chi connectivity index (χ3v) is 4.76. The van der Waals surface area contributed by atoms with Gasteiger partial charge in [-0.3, -0.25) is 4.79 Å². The zero-order valence-electron chi connectivity index (χ0n) is 13.7. The highest BCUT2D eigenvalue weighted by Gasteiger charge is 2.28. The molecule has 1 fully saturated rings. The molecule has 1 aliphatic rings. The first kappa shape index (κ1) is 17.5. The van der Waals surface area contributed by atoms with Crippen molar-refractivity contribution in [2.75, 3.05) is 6.61 Å². The molecule has 0 spiro atoms. The van der Waals surface area contributed by atoms with Crippen molar-refractivity contribution in [2.45, 2.75) is 45.8 Å². The Morgan fingerprint density at radius 3 is 2.57 bits per heavy atom. The van der Waals surface area contributed by atoms with E-state index >= 15 is 0 Å². The van der Waals surface area contributed by atoms with Gasteiger partial charge in [0.15, 0.2) is 6.61 Å². The van der Waals surface area contributed by atoms with E-state index in [1.54, 1.807) is 24.3 Å². The number of aliphatic hydroxyl groups excluding tert-OH is 1. The highest BCUT2D eigenvalue weighted by molar-refractivity contribution is 5.91. The van der Waals surface area contributed by atoms with Crippen LogP contribution in [-0.2, 0) is 16.1 Å². The lowest BCUT2D eigenvalue weighted by atomic mass is 9.78. The Labute approximate surface area is 137 Å². The molecule has 126 valence electrons. The Balaban J connectivity index is 1.80. The number of hydrogen-bond donors (Lipinski definition) is 2. The SMILES string of the molecule is C[C@@H]1[C@H](C)CCC[C@@H]1NC(=O)COC(=O)c1ccc(CO)cc1. The highest BCUT2D eigenvalue weighted by Crippen LogP contribution is 2.29. The van der Waals surface area contributed by atoms with Crippen molar-refractivity contribution in [3.63, 3.8) is 0 Å². The number of carbonyl (C=O) groups excluding carboxylic acids is 2. The van der Waals surface area contributed by atoms with Crippen LogP contribution in [0.4, 0.5) is 0 Å². The molecule has 1 amide bonds. The van der Waals surface area contributed by atoms with Gasteiger partial charge in [0.2, 0.25) is 0 Å². The average Bonchev–Trinajstić information content (AvgIpc) is 2.57. The number of esters is 1. The number of benzene rings is 1. The molecular formula is C18H25NO4. The van der Waals surface area contributed by atoms with Crippen LogP contribution < -0.4 is 5.32 Å². The minimum atomic E-state index is -0.533. The molecule has 0 heterocycles. The van der Waals surface area contributed by atoms with Gasteiger partial charge in [-0.15, -0.1) is 0 Å². The summed E-state index contributed by atoms with van der Waals surface area (Å²) >= 11 is 0. The number of rotatable bonds is 5. The van der Waals surface area contributed by atoms with Crippen molar-refractivity contribution < 1.29 is 19.4 Å². The van der Waals surface area contributed by atoms with E-state index in [2.05, 4.69) is 19.2 Å². The summed E-state index contributed by atoms with van der Waals surface area (Å²) in [5.41, 5.74) is 1.09. The molecule has 5 nitrogen and oxygen atoms in total. The van der Waals surface area contributed by atoms with Gasteiger partial charge >= 0.3 is 5.97 Å². The Hall–Kier alpha value is -1.88. The average molecular weight is 319 g/mol. The molecule has 0 aliphatic heterocycles. The summed E-state index contributed by atoms with van der Waals surface area (Å²) in [5.74, 6) is 0.252. The predicted octanol–water partition coefficient (Wildman–Crippen LogP) is 2.28. The van der Waals surface area contributed by atoms with Crippen molar-refractivity contribution in [3.05, 3.63) is 35.4 Å². The quantitative estimate of drug-likeness (QED) is 0.816. The van der Waals surface area contributed by atoms with E-state index in [9.17, 15) is 9.59 Å². The molecule has 1 saturated carbocycles. The third kappa shape index (κ3) is 4.79. The molecule has 2 N–H and O–H groups in total. The number of nitrogens with one attached hydrogen (secondary N) is 1. The first-order valence-corrected chi connectivity index (χ1v) is 8.17. The summed E-state index contributed by atoms with van der Waals surface area (Å²) in [7, 11) is 0. The van der Waals surface area contributed by atoms with E-state index in [0.717, 1.165) is 18.4 Å². The van der Waals surface area contributed by atoms with Gasteiger partial charge in [0.1, 0.15) is 0 Å². The van der Waals surface area contributed by atoms with Gasteiger partial charge in [-0.1, -0.05) is 38.8 Å². The van der Waals surface area contributed by atoms with Gasteiger partial charge in [0.25, 0.3) is 5.91 Å². The van der Waals surface area contributed by atoms with Crippen LogP contribution in [0, 0.1) is 11.8 Å². The van der Waals surface area contributed by atoms with Gasteiger partial charge in [0, 0.05) is 6.04 Å². The molecule has 0 unspecified atom stereocenters. The van der Waals surface area contributed by atoms with Crippen molar-refractivity contribution in [2.24, 2.45) is 11.8 Å². The van der Waals surface area contributed by atoms with E-state index in [0.29, 0.717) is 17.4 Å². The number of carbonyl (C=O) groups is 2. The van der Waals surface area contributed by atoms with Crippen LogP contribution in [0.2, 0.25) is 0 Å². The third-order valence-electron chi connectivity index (χ3n) is 4.76. The first-order chi connectivity index (χ1) is 11.0. The largest absolute Gasteiger partial charge is 0.452 e. The van der Waals surface area contributed by atoms with Crippen LogP contribution in [0.25, 0.3) is 0 Å². The summed E-state index contributed by atoms with van der Waals surface area (Å²) in [6.07, 6.45) is 3.30. The van der Waals surface area contributed by atoms with Crippen molar-refractivity contribution in [1.82, 2.24) is 5.32 Å². The maximum absolute atomic E-state index is 12.0. The normalized spacial score (nSPS) is 24.0. The molecule has 1 aromatic rings. The van der Waals surface area contributed by atoms with Gasteiger partial charge in [0.05, 0.1) is 12.2 Å². The number of hydrogen-bond acceptors (Lipinski definition) is 4. The minimum absolute atomic E-state index is 0.0737. The van der Waals surface area contributed by atoms with Crippen molar-refractivity contribution >= 4 is 11.9 Å². The number of aliphatic hydroxyl groups is 1. The Bertz CT molecular complexity index is 540. The lowest BCUT2D eigenvalue weighted by Crippen LogP contribution is -2.45. The van der Waals surface area contributed by atoms with Gasteiger partial charge in [-0.25, -0.2) is 4.79 Å². The summed E-state index contributed by atoms with van der Waals surface area (Å²) in [4.78, 5) is 23.9. The molecule has 5 heteroatoms. The van der Waals surface area contributed by atoms with Crippen LogP contribution in [0.5, 0.6) is 0 Å². The fourth-order valence-corrected chi connectivity index (χ4v) is 2.99. The van der Waals surface area contributed by atoms with Crippen LogP contribution in [0.15, 0.2) is 24.3 Å². The summed E-state index contributed by atoms with van der Waals surface area (Å²) in [6, 6.07) is 6.63. The molecular weight excluding hydrogens is 294 g/mol.